The van der Waals surface area contributed by atoms with Crippen LogP contribution < -0.4 is 9.64 Å². The summed E-state index contributed by atoms with van der Waals surface area (Å²) in [6.07, 6.45) is 2.20. The minimum absolute atomic E-state index is 0.0489. The van der Waals surface area contributed by atoms with Gasteiger partial charge in [0.1, 0.15) is 5.75 Å². The fourth-order valence-electron chi connectivity index (χ4n) is 3.65. The highest BCUT2D eigenvalue weighted by Gasteiger charge is 2.29. The largest absolute Gasteiger partial charge is 0.481 e. The first-order valence-corrected chi connectivity index (χ1v) is 9.31. The molecule has 1 amide bonds. The van der Waals surface area contributed by atoms with Crippen LogP contribution >= 0.6 is 0 Å². The third-order valence-electron chi connectivity index (χ3n) is 5.02. The maximum Gasteiger partial charge on any atom is 0.268 e. The number of aryl methyl sites for hydroxylation is 1. The molecule has 3 nitrogen and oxygen atoms in total. The first-order chi connectivity index (χ1) is 12.8. The van der Waals surface area contributed by atoms with E-state index in [0.29, 0.717) is 6.42 Å². The molecule has 0 aromatic heterocycles. The van der Waals surface area contributed by atoms with E-state index in [1.807, 2.05) is 60.4 Å². The topological polar surface area (TPSA) is 29.5 Å². The van der Waals surface area contributed by atoms with Crippen LogP contribution in [0.2, 0.25) is 0 Å². The summed E-state index contributed by atoms with van der Waals surface area (Å²) in [4.78, 5) is 15.1. The van der Waals surface area contributed by atoms with E-state index in [-0.39, 0.29) is 5.91 Å². The third-order valence-corrected chi connectivity index (χ3v) is 5.02. The molecule has 0 N–H and O–H groups in total. The molecule has 3 heteroatoms. The highest BCUT2D eigenvalue weighted by atomic mass is 16.5. The number of fused-ring (bicyclic) bond motifs is 2. The lowest BCUT2D eigenvalue weighted by molar-refractivity contribution is -0.125. The van der Waals surface area contributed by atoms with Crippen molar-refractivity contribution < 1.29 is 9.53 Å². The summed E-state index contributed by atoms with van der Waals surface area (Å²) >= 11 is 0. The summed E-state index contributed by atoms with van der Waals surface area (Å²) in [6.45, 7) is 2.76. The van der Waals surface area contributed by atoms with Crippen LogP contribution in [0.25, 0.3) is 10.8 Å². The predicted molar refractivity (Wildman–Crippen MR) is 106 cm³/mol. The number of ether oxygens (including phenoxy) is 1. The van der Waals surface area contributed by atoms with E-state index < -0.39 is 6.10 Å². The van der Waals surface area contributed by atoms with Gasteiger partial charge in [-0.2, -0.15) is 0 Å². The molecule has 0 fully saturated rings. The van der Waals surface area contributed by atoms with Crippen LogP contribution in [-0.2, 0) is 11.2 Å². The van der Waals surface area contributed by atoms with Crippen molar-refractivity contribution in [2.75, 3.05) is 11.4 Å². The van der Waals surface area contributed by atoms with Gasteiger partial charge in [-0.05, 0) is 53.8 Å². The van der Waals surface area contributed by atoms with Crippen molar-refractivity contribution in [3.8, 4) is 5.75 Å². The second-order valence-corrected chi connectivity index (χ2v) is 6.75. The van der Waals surface area contributed by atoms with Crippen molar-refractivity contribution in [3.63, 3.8) is 0 Å². The number of para-hydroxylation sites is 1. The summed E-state index contributed by atoms with van der Waals surface area (Å²) < 4.78 is 6.11. The molecule has 0 aliphatic carbocycles. The molecule has 1 heterocycles. The zero-order valence-electron chi connectivity index (χ0n) is 15.0. The molecule has 3 aromatic carbocycles. The van der Waals surface area contributed by atoms with Crippen LogP contribution in [0.4, 0.5) is 5.69 Å². The van der Waals surface area contributed by atoms with Gasteiger partial charge in [0.2, 0.25) is 0 Å². The van der Waals surface area contributed by atoms with Gasteiger partial charge >= 0.3 is 0 Å². The number of amides is 1. The Balaban J connectivity index is 1.58. The number of hydrogen-bond donors (Lipinski definition) is 0. The first-order valence-electron chi connectivity index (χ1n) is 9.31. The fourth-order valence-corrected chi connectivity index (χ4v) is 3.65. The quantitative estimate of drug-likeness (QED) is 0.668. The monoisotopic (exact) mass is 345 g/mol. The Morgan fingerprint density at radius 3 is 2.65 bits per heavy atom. The van der Waals surface area contributed by atoms with Gasteiger partial charge in [0, 0.05) is 12.2 Å². The normalized spacial score (nSPS) is 14.7. The molecule has 0 spiro atoms. The van der Waals surface area contributed by atoms with E-state index in [1.54, 1.807) is 0 Å². The molecule has 0 radical (unpaired) electrons. The number of anilines is 1. The van der Waals surface area contributed by atoms with Crippen molar-refractivity contribution >= 4 is 22.4 Å². The second kappa shape index (κ2) is 7.20. The smallest absolute Gasteiger partial charge is 0.268 e. The van der Waals surface area contributed by atoms with E-state index in [2.05, 4.69) is 18.2 Å². The zero-order valence-corrected chi connectivity index (χ0v) is 15.0. The Labute approximate surface area is 154 Å². The van der Waals surface area contributed by atoms with Crippen molar-refractivity contribution in [3.05, 3.63) is 72.3 Å². The molecule has 26 heavy (non-hydrogen) atoms. The number of benzene rings is 3. The van der Waals surface area contributed by atoms with Gasteiger partial charge in [0.25, 0.3) is 5.91 Å². The molecular formula is C23H23NO2. The molecule has 132 valence electrons. The molecular weight excluding hydrogens is 322 g/mol. The van der Waals surface area contributed by atoms with Crippen molar-refractivity contribution in [1.82, 2.24) is 0 Å². The van der Waals surface area contributed by atoms with E-state index in [9.17, 15) is 4.79 Å². The van der Waals surface area contributed by atoms with Crippen LogP contribution in [0.5, 0.6) is 5.75 Å². The molecule has 0 saturated heterocycles. The Hall–Kier alpha value is -2.81. The lowest BCUT2D eigenvalue weighted by Crippen LogP contribution is -2.44. The molecule has 1 aliphatic heterocycles. The number of carbonyl (C=O) groups excluding carboxylic acids is 1. The fraction of sp³-hybridized carbons (Fsp3) is 0.261. The number of rotatable bonds is 4. The van der Waals surface area contributed by atoms with Gasteiger partial charge in [-0.1, -0.05) is 55.5 Å². The van der Waals surface area contributed by atoms with E-state index >= 15 is 0 Å². The molecule has 1 atom stereocenters. The average Bonchev–Trinajstić information content (AvgIpc) is 2.71. The van der Waals surface area contributed by atoms with Crippen molar-refractivity contribution in [2.24, 2.45) is 0 Å². The summed E-state index contributed by atoms with van der Waals surface area (Å²) in [5, 5.41) is 2.29. The molecule has 1 aliphatic rings. The van der Waals surface area contributed by atoms with E-state index in [4.69, 9.17) is 4.74 Å². The standard InChI is InChI=1S/C23H23NO2/c1-2-22(26-20-14-13-17-8-3-4-10-19(17)16-20)23(25)24-15-7-11-18-9-5-6-12-21(18)24/h3-6,8-10,12-14,16,22H,2,7,11,15H2,1H3. The number of carbonyl (C=O) groups is 1. The minimum atomic E-state index is -0.470. The molecule has 4 rings (SSSR count). The lowest BCUT2D eigenvalue weighted by Gasteiger charge is -2.32. The molecule has 0 bridgehead atoms. The highest BCUT2D eigenvalue weighted by Crippen LogP contribution is 2.29. The number of nitrogens with zero attached hydrogens (tertiary/aromatic N) is 1. The highest BCUT2D eigenvalue weighted by molar-refractivity contribution is 5.98. The first kappa shape index (κ1) is 16.6. The summed E-state index contributed by atoms with van der Waals surface area (Å²) in [5.41, 5.74) is 2.27. The Bertz CT molecular complexity index is 934. The lowest BCUT2D eigenvalue weighted by atomic mass is 10.0. The molecule has 1 unspecified atom stereocenters. The van der Waals surface area contributed by atoms with Gasteiger partial charge in [-0.25, -0.2) is 0 Å². The van der Waals surface area contributed by atoms with E-state index in [1.165, 1.54) is 10.9 Å². The van der Waals surface area contributed by atoms with Crippen molar-refractivity contribution in [1.29, 1.82) is 0 Å². The Morgan fingerprint density at radius 2 is 1.81 bits per heavy atom. The van der Waals surface area contributed by atoms with Crippen LogP contribution in [0.1, 0.15) is 25.3 Å². The molecule has 3 aromatic rings. The average molecular weight is 345 g/mol. The van der Waals surface area contributed by atoms with Crippen LogP contribution in [0.15, 0.2) is 66.7 Å². The van der Waals surface area contributed by atoms with Crippen LogP contribution in [0.3, 0.4) is 0 Å². The Kier molecular flexibility index (Phi) is 4.61. The van der Waals surface area contributed by atoms with Crippen LogP contribution in [-0.4, -0.2) is 18.6 Å². The maximum atomic E-state index is 13.2. The number of hydrogen-bond acceptors (Lipinski definition) is 2. The SMILES string of the molecule is CCC(Oc1ccc2ccccc2c1)C(=O)N1CCCc2ccccc21. The molecule has 0 saturated carbocycles. The van der Waals surface area contributed by atoms with Crippen molar-refractivity contribution in [2.45, 2.75) is 32.3 Å². The predicted octanol–water partition coefficient (Wildman–Crippen LogP) is 4.98. The van der Waals surface area contributed by atoms with Gasteiger partial charge in [-0.3, -0.25) is 4.79 Å². The van der Waals surface area contributed by atoms with Gasteiger partial charge < -0.3 is 9.64 Å². The maximum absolute atomic E-state index is 13.2. The van der Waals surface area contributed by atoms with Gasteiger partial charge in [0.05, 0.1) is 0 Å². The van der Waals surface area contributed by atoms with E-state index in [0.717, 1.165) is 36.2 Å². The summed E-state index contributed by atoms with van der Waals surface area (Å²) in [7, 11) is 0. The summed E-state index contributed by atoms with van der Waals surface area (Å²) in [6, 6.07) is 22.3. The Morgan fingerprint density at radius 1 is 1.04 bits per heavy atom. The van der Waals surface area contributed by atoms with Crippen LogP contribution in [0, 0.1) is 0 Å². The third kappa shape index (κ3) is 3.17. The van der Waals surface area contributed by atoms with Gasteiger partial charge in [0.15, 0.2) is 6.10 Å². The summed E-state index contributed by atoms with van der Waals surface area (Å²) in [5.74, 6) is 0.794. The minimum Gasteiger partial charge on any atom is -0.481 e. The second-order valence-electron chi connectivity index (χ2n) is 6.75. The zero-order chi connectivity index (χ0) is 17.9. The van der Waals surface area contributed by atoms with Gasteiger partial charge in [-0.15, -0.1) is 0 Å².